The van der Waals surface area contributed by atoms with Crippen LogP contribution >= 0.6 is 15.9 Å². The van der Waals surface area contributed by atoms with Crippen LogP contribution in [0.4, 0.5) is 0 Å². The van der Waals surface area contributed by atoms with E-state index < -0.39 is 0 Å². The van der Waals surface area contributed by atoms with Gasteiger partial charge in [0, 0.05) is 36.0 Å². The molecule has 3 aromatic rings. The van der Waals surface area contributed by atoms with Gasteiger partial charge in [-0.15, -0.1) is 0 Å². The molecular formula is C32H42BrN3O3. The molecule has 0 saturated carbocycles. The lowest BCUT2D eigenvalue weighted by molar-refractivity contribution is -0.144. The van der Waals surface area contributed by atoms with Crippen molar-refractivity contribution < 1.29 is 14.3 Å². The largest absolute Gasteiger partial charge is 0.367 e. The molecule has 0 radical (unpaired) electrons. The Hall–Kier alpha value is -2.90. The Morgan fingerprint density at radius 1 is 0.897 bits per heavy atom. The number of carbonyl (C=O) groups excluding carboxylic acids is 2. The molecule has 1 heterocycles. The second-order valence-electron chi connectivity index (χ2n) is 10.4. The summed E-state index contributed by atoms with van der Waals surface area (Å²) in [6.45, 7) is 9.24. The van der Waals surface area contributed by atoms with Gasteiger partial charge in [-0.2, -0.15) is 0 Å². The van der Waals surface area contributed by atoms with Crippen LogP contribution in [-0.2, 0) is 34.0 Å². The van der Waals surface area contributed by atoms with Gasteiger partial charge in [0.25, 0.3) is 0 Å². The molecule has 0 atom stereocenters. The molecule has 7 heteroatoms. The van der Waals surface area contributed by atoms with Gasteiger partial charge in [0.05, 0.1) is 19.7 Å². The van der Waals surface area contributed by atoms with Crippen molar-refractivity contribution in [2.75, 3.05) is 26.2 Å². The van der Waals surface area contributed by atoms with E-state index in [9.17, 15) is 9.59 Å². The minimum absolute atomic E-state index is 0.0278. The van der Waals surface area contributed by atoms with Gasteiger partial charge < -0.3 is 19.1 Å². The fourth-order valence-corrected chi connectivity index (χ4v) is 4.53. The van der Waals surface area contributed by atoms with E-state index in [0.29, 0.717) is 32.2 Å². The lowest BCUT2D eigenvalue weighted by Crippen LogP contribution is -2.45. The molecule has 2 amide bonds. The predicted molar refractivity (Wildman–Crippen MR) is 160 cm³/mol. The van der Waals surface area contributed by atoms with Gasteiger partial charge in [0.15, 0.2) is 0 Å². The summed E-state index contributed by atoms with van der Waals surface area (Å²) in [6.07, 6.45) is 4.80. The van der Waals surface area contributed by atoms with Gasteiger partial charge in [-0.05, 0) is 54.2 Å². The quantitative estimate of drug-likeness (QED) is 0.189. The summed E-state index contributed by atoms with van der Waals surface area (Å²) in [6, 6.07) is 22.2. The number of benzene rings is 2. The van der Waals surface area contributed by atoms with Gasteiger partial charge in [-0.3, -0.25) is 9.59 Å². The average Bonchev–Trinajstić information content (AvgIpc) is 3.36. The van der Waals surface area contributed by atoms with Crippen molar-refractivity contribution in [3.63, 3.8) is 0 Å². The maximum Gasteiger partial charge on any atom is 0.249 e. The summed E-state index contributed by atoms with van der Waals surface area (Å²) in [5, 5.41) is 0. The maximum atomic E-state index is 13.6. The second-order valence-corrected chi connectivity index (χ2v) is 11.3. The Balaban J connectivity index is 1.66. The lowest BCUT2D eigenvalue weighted by Gasteiger charge is -2.28. The first-order chi connectivity index (χ1) is 18.9. The highest BCUT2D eigenvalue weighted by Crippen LogP contribution is 2.15. The number of aromatic nitrogens is 1. The number of halogens is 1. The van der Waals surface area contributed by atoms with Crippen molar-refractivity contribution in [2.24, 2.45) is 5.92 Å². The van der Waals surface area contributed by atoms with E-state index in [1.807, 2.05) is 53.4 Å². The Labute approximate surface area is 242 Å². The molecule has 0 aliphatic heterocycles. The van der Waals surface area contributed by atoms with Gasteiger partial charge in [-0.25, -0.2) is 0 Å². The van der Waals surface area contributed by atoms with Gasteiger partial charge in [0.2, 0.25) is 11.8 Å². The lowest BCUT2D eigenvalue weighted by atomic mass is 10.1. The van der Waals surface area contributed by atoms with Gasteiger partial charge in [-0.1, -0.05) is 85.6 Å². The third-order valence-corrected chi connectivity index (χ3v) is 7.20. The average molecular weight is 597 g/mol. The standard InChI is InChI=1S/C32H42BrN3O3/c1-4-5-18-35(22-30-12-9-19-34(30)21-27-13-15-29(33)16-14-27)31(37)23-36(20-17-26(2)3)32(38)25-39-24-28-10-7-6-8-11-28/h6-16,19,26H,4-5,17-18,20-25H2,1-3H3. The molecular weight excluding hydrogens is 554 g/mol. The Kier molecular flexibility index (Phi) is 12.8. The van der Waals surface area contributed by atoms with Crippen molar-refractivity contribution in [1.82, 2.24) is 14.4 Å². The second kappa shape index (κ2) is 16.3. The molecule has 0 unspecified atom stereocenters. The number of hydrogen-bond donors (Lipinski definition) is 0. The van der Waals surface area contributed by atoms with Crippen molar-refractivity contribution in [1.29, 1.82) is 0 Å². The van der Waals surface area contributed by atoms with Gasteiger partial charge in [0.1, 0.15) is 6.61 Å². The van der Waals surface area contributed by atoms with Crippen LogP contribution in [0.1, 0.15) is 56.9 Å². The fraction of sp³-hybridized carbons (Fsp3) is 0.438. The smallest absolute Gasteiger partial charge is 0.249 e. The Morgan fingerprint density at radius 2 is 1.64 bits per heavy atom. The van der Waals surface area contributed by atoms with E-state index in [-0.39, 0.29) is 25.0 Å². The van der Waals surface area contributed by atoms with Crippen molar-refractivity contribution in [2.45, 2.75) is 59.7 Å². The molecule has 0 N–H and O–H groups in total. The number of unbranched alkanes of at least 4 members (excludes halogenated alkanes) is 1. The molecule has 210 valence electrons. The minimum Gasteiger partial charge on any atom is -0.367 e. The first kappa shape index (κ1) is 30.6. The summed E-state index contributed by atoms with van der Waals surface area (Å²) in [5.74, 6) is 0.257. The van der Waals surface area contributed by atoms with E-state index in [4.69, 9.17) is 4.74 Å². The van der Waals surface area contributed by atoms with Gasteiger partial charge >= 0.3 is 0 Å². The summed E-state index contributed by atoms with van der Waals surface area (Å²) in [5.41, 5.74) is 3.30. The molecule has 0 fully saturated rings. The van der Waals surface area contributed by atoms with Crippen LogP contribution in [0.3, 0.4) is 0 Å². The van der Waals surface area contributed by atoms with E-state index >= 15 is 0 Å². The van der Waals surface area contributed by atoms with E-state index in [0.717, 1.165) is 41.5 Å². The van der Waals surface area contributed by atoms with Crippen LogP contribution in [0.25, 0.3) is 0 Å². The zero-order chi connectivity index (χ0) is 28.0. The highest BCUT2D eigenvalue weighted by Gasteiger charge is 2.22. The summed E-state index contributed by atoms with van der Waals surface area (Å²) >= 11 is 3.50. The van der Waals surface area contributed by atoms with E-state index in [1.54, 1.807) is 4.90 Å². The van der Waals surface area contributed by atoms with Crippen LogP contribution in [0.5, 0.6) is 0 Å². The zero-order valence-corrected chi connectivity index (χ0v) is 25.1. The minimum atomic E-state index is -0.144. The van der Waals surface area contributed by atoms with Crippen LogP contribution in [0.2, 0.25) is 0 Å². The summed E-state index contributed by atoms with van der Waals surface area (Å²) < 4.78 is 8.96. The molecule has 0 spiro atoms. The number of hydrogen-bond acceptors (Lipinski definition) is 3. The van der Waals surface area contributed by atoms with Crippen molar-refractivity contribution in [3.05, 3.63) is 94.2 Å². The number of ether oxygens (including phenoxy) is 1. The maximum absolute atomic E-state index is 13.6. The topological polar surface area (TPSA) is 54.8 Å². The molecule has 0 saturated heterocycles. The number of nitrogens with zero attached hydrogens (tertiary/aromatic N) is 3. The Morgan fingerprint density at radius 3 is 2.33 bits per heavy atom. The Bertz CT molecular complexity index is 1140. The molecule has 0 aliphatic carbocycles. The number of carbonyl (C=O) groups is 2. The third-order valence-electron chi connectivity index (χ3n) is 6.67. The predicted octanol–water partition coefficient (Wildman–Crippen LogP) is 6.52. The number of rotatable bonds is 16. The molecule has 1 aromatic heterocycles. The van der Waals surface area contributed by atoms with Crippen molar-refractivity contribution in [3.8, 4) is 0 Å². The molecule has 6 nitrogen and oxygen atoms in total. The molecule has 0 bridgehead atoms. The summed E-state index contributed by atoms with van der Waals surface area (Å²) in [4.78, 5) is 30.3. The van der Waals surface area contributed by atoms with E-state index in [1.165, 1.54) is 5.56 Å². The number of amides is 2. The SMILES string of the molecule is CCCCN(Cc1cccn1Cc1ccc(Br)cc1)C(=O)CN(CCC(C)C)C(=O)COCc1ccccc1. The van der Waals surface area contributed by atoms with Crippen LogP contribution < -0.4 is 0 Å². The normalized spacial score (nSPS) is 11.1. The zero-order valence-electron chi connectivity index (χ0n) is 23.5. The van der Waals surface area contributed by atoms with Crippen LogP contribution in [0.15, 0.2) is 77.4 Å². The molecule has 2 aromatic carbocycles. The highest BCUT2D eigenvalue weighted by atomic mass is 79.9. The first-order valence-corrected chi connectivity index (χ1v) is 14.7. The monoisotopic (exact) mass is 595 g/mol. The summed E-state index contributed by atoms with van der Waals surface area (Å²) in [7, 11) is 0. The molecule has 3 rings (SSSR count). The van der Waals surface area contributed by atoms with Crippen LogP contribution in [-0.4, -0.2) is 52.4 Å². The molecule has 39 heavy (non-hydrogen) atoms. The van der Waals surface area contributed by atoms with Crippen molar-refractivity contribution >= 4 is 27.7 Å². The van der Waals surface area contributed by atoms with E-state index in [2.05, 4.69) is 65.7 Å². The fourth-order valence-electron chi connectivity index (χ4n) is 4.26. The third kappa shape index (κ3) is 10.6. The molecule has 0 aliphatic rings. The van der Waals surface area contributed by atoms with Crippen LogP contribution in [0, 0.1) is 5.92 Å². The first-order valence-electron chi connectivity index (χ1n) is 13.9. The highest BCUT2D eigenvalue weighted by molar-refractivity contribution is 9.10.